The topological polar surface area (TPSA) is 29.1 Å². The smallest absolute Gasteiger partial charge is 0.129 e. The van der Waals surface area contributed by atoms with E-state index < -0.39 is 0 Å². The monoisotopic (exact) mass is 261 g/mol. The van der Waals surface area contributed by atoms with Gasteiger partial charge in [-0.05, 0) is 56.3 Å². The summed E-state index contributed by atoms with van der Waals surface area (Å²) in [4.78, 5) is 10.8. The Kier molecular flexibility index (Phi) is 7.42. The highest BCUT2D eigenvalue weighted by molar-refractivity contribution is 5.75. The summed E-state index contributed by atoms with van der Waals surface area (Å²) in [5.41, 5.74) is 2.81. The summed E-state index contributed by atoms with van der Waals surface area (Å²) in [6, 6.07) is 8.94. The number of benzene rings is 1. The first-order valence-corrected chi connectivity index (χ1v) is 7.36. The Bertz CT molecular complexity index is 367. The van der Waals surface area contributed by atoms with Crippen LogP contribution in [0.15, 0.2) is 24.3 Å². The van der Waals surface area contributed by atoms with Crippen molar-refractivity contribution in [1.82, 2.24) is 5.32 Å². The van der Waals surface area contributed by atoms with E-state index in [1.54, 1.807) is 6.92 Å². The van der Waals surface area contributed by atoms with Crippen LogP contribution in [-0.4, -0.2) is 18.9 Å². The molecule has 0 saturated heterocycles. The minimum Gasteiger partial charge on any atom is -0.316 e. The third kappa shape index (κ3) is 7.78. The van der Waals surface area contributed by atoms with Crippen molar-refractivity contribution in [3.63, 3.8) is 0 Å². The summed E-state index contributed by atoms with van der Waals surface area (Å²) in [5, 5.41) is 3.38. The van der Waals surface area contributed by atoms with E-state index in [1.165, 1.54) is 11.1 Å². The zero-order valence-corrected chi connectivity index (χ0v) is 12.5. The molecule has 1 N–H and O–H groups in total. The number of nitrogens with one attached hydrogen (secondary N) is 1. The van der Waals surface area contributed by atoms with Gasteiger partial charge in [0.25, 0.3) is 0 Å². The summed E-state index contributed by atoms with van der Waals surface area (Å²) in [5.74, 6) is 0.997. The highest BCUT2D eigenvalue weighted by atomic mass is 16.1. The molecule has 0 aromatic heterocycles. The van der Waals surface area contributed by atoms with Gasteiger partial charge >= 0.3 is 0 Å². The van der Waals surface area contributed by atoms with E-state index >= 15 is 0 Å². The van der Waals surface area contributed by atoms with Crippen LogP contribution in [0.2, 0.25) is 0 Å². The van der Waals surface area contributed by atoms with Crippen molar-refractivity contribution < 1.29 is 4.79 Å². The van der Waals surface area contributed by atoms with Crippen LogP contribution in [-0.2, 0) is 17.6 Å². The minimum absolute atomic E-state index is 0.280. The van der Waals surface area contributed by atoms with E-state index in [0.717, 1.165) is 32.4 Å². The molecule has 1 aromatic rings. The second-order valence-corrected chi connectivity index (χ2v) is 5.72. The summed E-state index contributed by atoms with van der Waals surface area (Å²) >= 11 is 0. The van der Waals surface area contributed by atoms with Gasteiger partial charge in [0.2, 0.25) is 0 Å². The summed E-state index contributed by atoms with van der Waals surface area (Å²) in [6.45, 7) is 8.07. The maximum atomic E-state index is 10.8. The third-order valence-corrected chi connectivity index (χ3v) is 3.14. The first-order chi connectivity index (χ1) is 9.08. The fourth-order valence-corrected chi connectivity index (χ4v) is 2.13. The van der Waals surface area contributed by atoms with Gasteiger partial charge < -0.3 is 10.1 Å². The molecule has 0 spiro atoms. The number of hydrogen-bond acceptors (Lipinski definition) is 2. The molecule has 0 aliphatic rings. The van der Waals surface area contributed by atoms with Crippen molar-refractivity contribution >= 4 is 5.78 Å². The molecule has 1 rings (SSSR count). The predicted octanol–water partition coefficient (Wildman–Crippen LogP) is 3.39. The van der Waals surface area contributed by atoms with E-state index in [4.69, 9.17) is 0 Å². The Morgan fingerprint density at radius 3 is 2.32 bits per heavy atom. The zero-order valence-electron chi connectivity index (χ0n) is 12.5. The van der Waals surface area contributed by atoms with Gasteiger partial charge in [-0.2, -0.15) is 0 Å². The van der Waals surface area contributed by atoms with Gasteiger partial charge in [-0.25, -0.2) is 0 Å². The van der Waals surface area contributed by atoms with Gasteiger partial charge in [-0.1, -0.05) is 38.1 Å². The molecule has 2 nitrogen and oxygen atoms in total. The van der Waals surface area contributed by atoms with E-state index in [2.05, 4.69) is 43.4 Å². The van der Waals surface area contributed by atoms with Crippen molar-refractivity contribution in [3.8, 4) is 0 Å². The van der Waals surface area contributed by atoms with Crippen LogP contribution in [0.25, 0.3) is 0 Å². The molecular weight excluding hydrogens is 234 g/mol. The van der Waals surface area contributed by atoms with Crippen LogP contribution in [0.3, 0.4) is 0 Å². The average Bonchev–Trinajstić information content (AvgIpc) is 2.34. The lowest BCUT2D eigenvalue weighted by molar-refractivity contribution is -0.117. The molecule has 0 heterocycles. The number of carbonyl (C=O) groups excluding carboxylic acids is 1. The van der Waals surface area contributed by atoms with Crippen molar-refractivity contribution in [2.75, 3.05) is 13.1 Å². The normalized spacial score (nSPS) is 10.9. The highest BCUT2D eigenvalue weighted by Crippen LogP contribution is 2.09. The molecule has 0 fully saturated rings. The van der Waals surface area contributed by atoms with Gasteiger partial charge in [0, 0.05) is 6.42 Å². The molecule has 0 bridgehead atoms. The molecule has 0 atom stereocenters. The SMILES string of the molecule is CC(=O)CCCNCCc1ccc(CC(C)C)cc1. The Morgan fingerprint density at radius 2 is 1.74 bits per heavy atom. The molecule has 1 aromatic carbocycles. The summed E-state index contributed by atoms with van der Waals surface area (Å²) in [7, 11) is 0. The van der Waals surface area contributed by atoms with Gasteiger partial charge in [-0.3, -0.25) is 0 Å². The molecule has 0 saturated carbocycles. The standard InChI is InChI=1S/C17H27NO/c1-14(2)13-17-8-6-16(7-9-17)10-12-18-11-4-5-15(3)19/h6-9,14,18H,4-5,10-13H2,1-3H3. The second-order valence-electron chi connectivity index (χ2n) is 5.72. The summed E-state index contributed by atoms with van der Waals surface area (Å²) < 4.78 is 0. The quantitative estimate of drug-likeness (QED) is 0.690. The Balaban J connectivity index is 2.17. The number of Topliss-reactive ketones (excluding diaryl/α,β-unsaturated/α-hetero) is 1. The fourth-order valence-electron chi connectivity index (χ4n) is 2.13. The van der Waals surface area contributed by atoms with Crippen molar-refractivity contribution in [1.29, 1.82) is 0 Å². The number of rotatable bonds is 9. The van der Waals surface area contributed by atoms with Crippen molar-refractivity contribution in [2.24, 2.45) is 5.92 Å². The lowest BCUT2D eigenvalue weighted by Gasteiger charge is -2.07. The first-order valence-electron chi connectivity index (χ1n) is 7.36. The van der Waals surface area contributed by atoms with E-state index in [-0.39, 0.29) is 5.78 Å². The molecule has 0 aliphatic heterocycles. The van der Waals surface area contributed by atoms with Gasteiger partial charge in [-0.15, -0.1) is 0 Å². The van der Waals surface area contributed by atoms with Crippen LogP contribution in [0.4, 0.5) is 0 Å². The van der Waals surface area contributed by atoms with Gasteiger partial charge in [0.1, 0.15) is 5.78 Å². The lowest BCUT2D eigenvalue weighted by atomic mass is 10.0. The molecule has 0 amide bonds. The minimum atomic E-state index is 0.280. The number of carbonyl (C=O) groups is 1. The van der Waals surface area contributed by atoms with Crippen LogP contribution in [0.1, 0.15) is 44.7 Å². The molecule has 0 radical (unpaired) electrons. The average molecular weight is 261 g/mol. The molecule has 19 heavy (non-hydrogen) atoms. The van der Waals surface area contributed by atoms with E-state index in [0.29, 0.717) is 12.3 Å². The maximum Gasteiger partial charge on any atom is 0.129 e. The molecule has 2 heteroatoms. The molecule has 106 valence electrons. The van der Waals surface area contributed by atoms with Crippen LogP contribution < -0.4 is 5.32 Å². The van der Waals surface area contributed by atoms with Gasteiger partial charge in [0.05, 0.1) is 0 Å². The van der Waals surface area contributed by atoms with Gasteiger partial charge in [0.15, 0.2) is 0 Å². The largest absolute Gasteiger partial charge is 0.316 e. The number of hydrogen-bond donors (Lipinski definition) is 1. The zero-order chi connectivity index (χ0) is 14.1. The van der Waals surface area contributed by atoms with E-state index in [9.17, 15) is 4.79 Å². The lowest BCUT2D eigenvalue weighted by Crippen LogP contribution is -2.19. The predicted molar refractivity (Wildman–Crippen MR) is 81.5 cm³/mol. The second kappa shape index (κ2) is 8.87. The van der Waals surface area contributed by atoms with Crippen molar-refractivity contribution in [3.05, 3.63) is 35.4 Å². The molecular formula is C17H27NO. The number of ketones is 1. The Morgan fingerprint density at radius 1 is 1.11 bits per heavy atom. The van der Waals surface area contributed by atoms with Crippen LogP contribution in [0.5, 0.6) is 0 Å². The Labute approximate surface area is 117 Å². The summed E-state index contributed by atoms with van der Waals surface area (Å²) in [6.07, 6.45) is 3.85. The first kappa shape index (κ1) is 15.9. The fraction of sp³-hybridized carbons (Fsp3) is 0.588. The highest BCUT2D eigenvalue weighted by Gasteiger charge is 1.98. The Hall–Kier alpha value is -1.15. The third-order valence-electron chi connectivity index (χ3n) is 3.14. The molecule has 0 aliphatic carbocycles. The van der Waals surface area contributed by atoms with Crippen molar-refractivity contribution in [2.45, 2.75) is 46.5 Å². The van der Waals surface area contributed by atoms with Crippen LogP contribution in [0, 0.1) is 5.92 Å². The van der Waals surface area contributed by atoms with E-state index in [1.807, 2.05) is 0 Å². The van der Waals surface area contributed by atoms with Crippen LogP contribution >= 0.6 is 0 Å². The molecule has 0 unspecified atom stereocenters. The maximum absolute atomic E-state index is 10.8.